The van der Waals surface area contributed by atoms with Crippen molar-refractivity contribution in [3.05, 3.63) is 29.6 Å². The Kier molecular flexibility index (Phi) is 13.9. The smallest absolute Gasteiger partial charge is 0.340 e. The van der Waals surface area contributed by atoms with E-state index in [0.29, 0.717) is 0 Å². The molecule has 2 saturated carbocycles. The van der Waals surface area contributed by atoms with Gasteiger partial charge in [0, 0.05) is 52.4 Å². The lowest BCUT2D eigenvalue weighted by molar-refractivity contribution is -0.387. The first-order valence-corrected chi connectivity index (χ1v) is 21.4. The molecular weight excluding hydrogens is 894 g/mol. The van der Waals surface area contributed by atoms with Crippen LogP contribution in [0.15, 0.2) is 18.5 Å². The zero-order valence-electron chi connectivity index (χ0n) is 38.1. The molecule has 4 fully saturated rings. The molecular formula is C44H53NO22. The number of aromatic nitrogens is 1. The molecule has 6 rings (SSSR count). The summed E-state index contributed by atoms with van der Waals surface area (Å²) in [5, 5.41) is 25.3. The maximum Gasteiger partial charge on any atom is 0.340 e. The number of hydrogen-bond donors (Lipinski definition) is 2. The summed E-state index contributed by atoms with van der Waals surface area (Å²) < 4.78 is 59.8. The van der Waals surface area contributed by atoms with Crippen LogP contribution in [0.25, 0.3) is 0 Å². The van der Waals surface area contributed by atoms with Gasteiger partial charge in [0.15, 0.2) is 36.1 Å². The Hall–Kier alpha value is -6.07. The van der Waals surface area contributed by atoms with Crippen LogP contribution in [0.1, 0.15) is 96.5 Å². The number of fused-ring (bicyclic) bond motifs is 7. The Balaban J connectivity index is 1.81. The fourth-order valence-electron chi connectivity index (χ4n) is 10.5. The molecule has 5 aliphatic rings. The van der Waals surface area contributed by atoms with Crippen molar-refractivity contribution in [3.63, 3.8) is 0 Å². The fourth-order valence-corrected chi connectivity index (χ4v) is 10.5. The van der Waals surface area contributed by atoms with Gasteiger partial charge in [0.1, 0.15) is 53.7 Å². The number of methoxy groups -OCH3 is 1. The summed E-state index contributed by atoms with van der Waals surface area (Å²) in [6.07, 6.45) is -14.9. The monoisotopic (exact) mass is 947 g/mol. The molecule has 1 aromatic rings. The first kappa shape index (κ1) is 50.3. The number of carbonyl (C=O) groups excluding carboxylic acids is 10. The highest BCUT2D eigenvalue weighted by atomic mass is 16.7. The van der Waals surface area contributed by atoms with Crippen LogP contribution in [-0.4, -0.2) is 155 Å². The Morgan fingerprint density at radius 1 is 0.806 bits per heavy atom. The summed E-state index contributed by atoms with van der Waals surface area (Å²) in [7, 11) is 0.992. The van der Waals surface area contributed by atoms with Gasteiger partial charge in [-0.15, -0.1) is 0 Å². The highest BCUT2D eigenvalue weighted by Crippen LogP contribution is 2.70. The maximum atomic E-state index is 14.5. The first-order valence-electron chi connectivity index (χ1n) is 21.4. The molecule has 23 nitrogen and oxygen atoms in total. The standard InChI is InChI=1S/C44H53NO22/c1-18-10-11-27(50)25(14-28(51)58-9)38(54)60-17-43-35(63-22(5)48)31(65-37(18)53)29-33(62-21(4)47)44(43)42(8,57)34(32(61-20(3)46)36(43)64-23(6)49)66-40(56)30(52)19(2)24-12-13-45-15-26(24)39(55)59-16-41(29,7)67-44/h12-13,15,18-19,25,29-36,52,57H,10-11,14,16-17H2,1-9H3/t18-,19+,25+,29+,30+,31+,32-,33?,34-,35+,36-,41-,42-,43+,44-/m0/s1. The van der Waals surface area contributed by atoms with Crippen molar-refractivity contribution in [2.45, 2.75) is 140 Å². The van der Waals surface area contributed by atoms with Gasteiger partial charge in [-0.3, -0.25) is 43.3 Å². The second-order valence-electron chi connectivity index (χ2n) is 17.9. The minimum absolute atomic E-state index is 0.0266. The van der Waals surface area contributed by atoms with E-state index in [-0.39, 0.29) is 17.5 Å². The molecule has 0 amide bonds. The number of carbonyl (C=O) groups is 10. The highest BCUT2D eigenvalue weighted by molar-refractivity contribution is 6.01. The predicted molar refractivity (Wildman–Crippen MR) is 214 cm³/mol. The van der Waals surface area contributed by atoms with E-state index in [1.54, 1.807) is 0 Å². The molecule has 15 atom stereocenters. The molecule has 2 spiro atoms. The molecule has 366 valence electrons. The Labute approximate surface area is 382 Å². The number of ketones is 1. The second kappa shape index (κ2) is 18.5. The van der Waals surface area contributed by atoms with Crippen molar-refractivity contribution in [3.8, 4) is 0 Å². The summed E-state index contributed by atoms with van der Waals surface area (Å²) in [4.78, 5) is 142. The van der Waals surface area contributed by atoms with E-state index in [2.05, 4.69) is 4.98 Å². The van der Waals surface area contributed by atoms with Crippen molar-refractivity contribution >= 4 is 59.5 Å². The number of Topliss-reactive ketones (excluding diaryl/α,β-unsaturated/α-hetero) is 1. The average Bonchev–Trinajstić information content (AvgIpc) is 3.47. The Morgan fingerprint density at radius 2 is 1.42 bits per heavy atom. The second-order valence-corrected chi connectivity index (χ2v) is 17.9. The van der Waals surface area contributed by atoms with Crippen LogP contribution in [0.5, 0.6) is 0 Å². The van der Waals surface area contributed by atoms with E-state index in [0.717, 1.165) is 47.9 Å². The van der Waals surface area contributed by atoms with Gasteiger partial charge in [-0.25, -0.2) is 9.59 Å². The van der Waals surface area contributed by atoms with Crippen LogP contribution in [0.3, 0.4) is 0 Å². The van der Waals surface area contributed by atoms with Crippen LogP contribution in [-0.2, 0) is 90.5 Å². The average molecular weight is 948 g/mol. The molecule has 1 unspecified atom stereocenters. The molecule has 0 aromatic carbocycles. The lowest BCUT2D eigenvalue weighted by Gasteiger charge is -2.67. The van der Waals surface area contributed by atoms with Crippen molar-refractivity contribution in [2.24, 2.45) is 23.2 Å². The van der Waals surface area contributed by atoms with E-state index in [4.69, 9.17) is 47.4 Å². The van der Waals surface area contributed by atoms with Crippen molar-refractivity contribution in [2.75, 3.05) is 20.3 Å². The number of aliphatic hydroxyl groups excluding tert-OH is 1. The number of aliphatic hydroxyl groups is 2. The van der Waals surface area contributed by atoms with Crippen LogP contribution >= 0.6 is 0 Å². The fraction of sp³-hybridized carbons (Fsp3) is 0.659. The van der Waals surface area contributed by atoms with Gasteiger partial charge in [0.05, 0.1) is 30.9 Å². The van der Waals surface area contributed by atoms with E-state index in [1.165, 1.54) is 33.0 Å². The molecule has 67 heavy (non-hydrogen) atoms. The Morgan fingerprint density at radius 3 is 2.03 bits per heavy atom. The molecule has 1 aromatic heterocycles. The number of hydrogen-bond acceptors (Lipinski definition) is 23. The van der Waals surface area contributed by atoms with E-state index >= 15 is 0 Å². The quantitative estimate of drug-likeness (QED) is 0.214. The SMILES string of the molecule is COC(=O)C[C@@H]1C(=O)CC[C@H](C)C(=O)O[C@H]2[C@@H](OC(C)=O)[C@]3(COC1=O)[C@@H](OC(C)=O)[C@@H](OC(C)=O)[C@@H]1OC(=O)[C@H](O)[C@H](C)c4ccncc4C(=O)OC[C@]4(C)O[C@@]3(C(OC(C)=O)[C@@H]24)[C@@]1(C)O. The molecule has 3 aliphatic heterocycles. The third-order valence-electron chi connectivity index (χ3n) is 13.5. The number of esters is 9. The van der Waals surface area contributed by atoms with Crippen LogP contribution in [0.2, 0.25) is 0 Å². The zero-order valence-corrected chi connectivity index (χ0v) is 38.1. The molecule has 2 aliphatic carbocycles. The van der Waals surface area contributed by atoms with Gasteiger partial charge < -0.3 is 57.6 Å². The molecule has 0 radical (unpaired) electrons. The van der Waals surface area contributed by atoms with Gasteiger partial charge in [0.25, 0.3) is 0 Å². The normalized spacial score (nSPS) is 38.6. The summed E-state index contributed by atoms with van der Waals surface area (Å²) in [5.41, 5.74) is -11.5. The molecule has 23 heteroatoms. The van der Waals surface area contributed by atoms with Crippen molar-refractivity contribution in [1.29, 1.82) is 0 Å². The minimum atomic E-state index is -3.09. The number of nitrogens with zero attached hydrogens (tertiary/aromatic N) is 1. The third kappa shape index (κ3) is 8.49. The van der Waals surface area contributed by atoms with Gasteiger partial charge in [-0.1, -0.05) is 13.8 Å². The topological polar surface area (TPSA) is 316 Å². The van der Waals surface area contributed by atoms with Gasteiger partial charge in [0.2, 0.25) is 0 Å². The summed E-state index contributed by atoms with van der Waals surface area (Å²) in [6.45, 7) is 6.28. The predicted octanol–water partition coefficient (Wildman–Crippen LogP) is -0.103. The lowest BCUT2D eigenvalue weighted by Crippen LogP contribution is -2.89. The van der Waals surface area contributed by atoms with Crippen LogP contribution in [0, 0.1) is 23.2 Å². The third-order valence-corrected chi connectivity index (χ3v) is 13.5. The molecule has 4 heterocycles. The highest BCUT2D eigenvalue weighted by Gasteiger charge is 2.92. The van der Waals surface area contributed by atoms with Crippen molar-refractivity contribution < 1.29 is 106 Å². The molecule has 2 saturated heterocycles. The first-order chi connectivity index (χ1) is 31.3. The number of ether oxygens (including phenoxy) is 10. The zero-order chi connectivity index (χ0) is 49.7. The lowest BCUT2D eigenvalue weighted by atomic mass is 9.45. The summed E-state index contributed by atoms with van der Waals surface area (Å²) in [6, 6.07) is 1.32. The minimum Gasteiger partial charge on any atom is -0.469 e. The summed E-state index contributed by atoms with van der Waals surface area (Å²) in [5.74, 6) is -18.0. The van der Waals surface area contributed by atoms with Crippen molar-refractivity contribution in [1.82, 2.24) is 4.98 Å². The number of pyridine rings is 1. The van der Waals surface area contributed by atoms with E-state index < -0.39 is 174 Å². The Bertz CT molecular complexity index is 2240. The maximum absolute atomic E-state index is 14.5. The van der Waals surface area contributed by atoms with Crippen LogP contribution < -0.4 is 0 Å². The number of cyclic esters (lactones) is 2. The molecule has 6 bridgehead atoms. The summed E-state index contributed by atoms with van der Waals surface area (Å²) >= 11 is 0. The van der Waals surface area contributed by atoms with Gasteiger partial charge in [-0.05, 0) is 31.9 Å². The van der Waals surface area contributed by atoms with Gasteiger partial charge in [-0.2, -0.15) is 0 Å². The largest absolute Gasteiger partial charge is 0.469 e. The number of rotatable bonds is 6. The van der Waals surface area contributed by atoms with E-state index in [9.17, 15) is 58.2 Å². The van der Waals surface area contributed by atoms with Gasteiger partial charge >= 0.3 is 53.7 Å². The van der Waals surface area contributed by atoms with E-state index in [1.807, 2.05) is 0 Å². The van der Waals surface area contributed by atoms with Crippen LogP contribution in [0.4, 0.5) is 0 Å². The molecule has 2 N–H and O–H groups in total.